The molecule has 160 valence electrons. The molecule has 31 heavy (non-hydrogen) atoms. The van der Waals surface area contributed by atoms with Crippen molar-refractivity contribution in [1.82, 2.24) is 19.7 Å². The van der Waals surface area contributed by atoms with Crippen LogP contribution in [0.2, 0.25) is 0 Å². The van der Waals surface area contributed by atoms with Crippen molar-refractivity contribution in [3.8, 4) is 11.5 Å². The fourth-order valence-corrected chi connectivity index (χ4v) is 3.86. The number of fused-ring (bicyclic) bond motifs is 3. The molecule has 2 heterocycles. The van der Waals surface area contributed by atoms with Gasteiger partial charge in [-0.3, -0.25) is 9.59 Å². The van der Waals surface area contributed by atoms with Crippen LogP contribution in [0.1, 0.15) is 18.5 Å². The number of amides is 1. The van der Waals surface area contributed by atoms with E-state index >= 15 is 0 Å². The highest BCUT2D eigenvalue weighted by molar-refractivity contribution is 6.08. The number of aromatic nitrogens is 3. The van der Waals surface area contributed by atoms with Gasteiger partial charge in [0.25, 0.3) is 5.56 Å². The summed E-state index contributed by atoms with van der Waals surface area (Å²) < 4.78 is 13.7. The highest BCUT2D eigenvalue weighted by atomic mass is 16.5. The highest BCUT2D eigenvalue weighted by Crippen LogP contribution is 2.30. The normalized spacial score (nSPS) is 12.1. The molecular weight excluding hydrogens is 396 g/mol. The SMILES string of the molecule is COc1ccc(OC)c(CNC(=O)[C@H](C)n2c3ccccc3c3cnn(C)c(=O)c32)c1. The van der Waals surface area contributed by atoms with Gasteiger partial charge < -0.3 is 19.4 Å². The van der Waals surface area contributed by atoms with Crippen LogP contribution in [0.3, 0.4) is 0 Å². The lowest BCUT2D eigenvalue weighted by atomic mass is 10.1. The number of benzene rings is 2. The Kier molecular flexibility index (Phi) is 5.37. The van der Waals surface area contributed by atoms with Crippen LogP contribution in [0.4, 0.5) is 0 Å². The summed E-state index contributed by atoms with van der Waals surface area (Å²) in [5, 5.41) is 8.72. The van der Waals surface area contributed by atoms with Gasteiger partial charge >= 0.3 is 0 Å². The van der Waals surface area contributed by atoms with E-state index in [1.54, 1.807) is 51.1 Å². The van der Waals surface area contributed by atoms with Crippen molar-refractivity contribution in [3.05, 3.63) is 64.6 Å². The number of hydrogen-bond acceptors (Lipinski definition) is 5. The van der Waals surface area contributed by atoms with E-state index in [2.05, 4.69) is 10.4 Å². The molecule has 1 N–H and O–H groups in total. The number of carbonyl (C=O) groups excluding carboxylic acids is 1. The molecule has 1 atom stereocenters. The van der Waals surface area contributed by atoms with E-state index in [1.807, 2.05) is 30.3 Å². The van der Waals surface area contributed by atoms with E-state index in [0.29, 0.717) is 17.0 Å². The second-order valence-electron chi connectivity index (χ2n) is 7.29. The maximum atomic E-state index is 13.1. The second kappa shape index (κ2) is 8.14. The summed E-state index contributed by atoms with van der Waals surface area (Å²) >= 11 is 0. The summed E-state index contributed by atoms with van der Waals surface area (Å²) in [5.74, 6) is 1.12. The van der Waals surface area contributed by atoms with Crippen LogP contribution < -0.4 is 20.3 Å². The van der Waals surface area contributed by atoms with Gasteiger partial charge in [0.05, 0.1) is 25.9 Å². The fourth-order valence-electron chi connectivity index (χ4n) is 3.86. The number of nitrogens with zero attached hydrogens (tertiary/aromatic N) is 3. The standard InChI is InChI=1S/C23H24N4O4/c1-14(22(28)24-12-15-11-16(30-3)9-10-20(15)31-4)27-19-8-6-5-7-17(19)18-13-25-26(2)23(29)21(18)27/h5-11,13-14H,12H2,1-4H3,(H,24,28)/t14-/m0/s1. The quantitative estimate of drug-likeness (QED) is 0.518. The minimum absolute atomic E-state index is 0.216. The minimum atomic E-state index is -0.617. The molecule has 0 bridgehead atoms. The second-order valence-corrected chi connectivity index (χ2v) is 7.29. The number of nitrogens with one attached hydrogen (secondary N) is 1. The molecule has 0 unspecified atom stereocenters. The van der Waals surface area contributed by atoms with Crippen LogP contribution in [0, 0.1) is 0 Å². The van der Waals surface area contributed by atoms with Crippen molar-refractivity contribution in [2.24, 2.45) is 7.05 Å². The average molecular weight is 420 g/mol. The first-order valence-electron chi connectivity index (χ1n) is 9.89. The van der Waals surface area contributed by atoms with Crippen molar-refractivity contribution < 1.29 is 14.3 Å². The lowest BCUT2D eigenvalue weighted by molar-refractivity contribution is -0.123. The summed E-state index contributed by atoms with van der Waals surface area (Å²) in [6.45, 7) is 2.05. The maximum absolute atomic E-state index is 13.1. The molecule has 1 amide bonds. The van der Waals surface area contributed by atoms with Crippen LogP contribution in [-0.4, -0.2) is 34.5 Å². The molecule has 2 aromatic heterocycles. The zero-order valence-electron chi connectivity index (χ0n) is 17.9. The van der Waals surface area contributed by atoms with Crippen molar-refractivity contribution >= 4 is 27.7 Å². The molecule has 0 saturated heterocycles. The van der Waals surface area contributed by atoms with Gasteiger partial charge in [-0.05, 0) is 31.2 Å². The Hall–Kier alpha value is -3.81. The number of carbonyl (C=O) groups is 1. The fraction of sp³-hybridized carbons (Fsp3) is 0.261. The maximum Gasteiger partial charge on any atom is 0.291 e. The van der Waals surface area contributed by atoms with Gasteiger partial charge in [-0.25, -0.2) is 4.68 Å². The molecule has 0 spiro atoms. The molecule has 4 rings (SSSR count). The lowest BCUT2D eigenvalue weighted by Crippen LogP contribution is -2.32. The van der Waals surface area contributed by atoms with Gasteiger partial charge in [-0.2, -0.15) is 5.10 Å². The van der Waals surface area contributed by atoms with Crippen LogP contribution in [0.15, 0.2) is 53.5 Å². The van der Waals surface area contributed by atoms with Crippen LogP contribution >= 0.6 is 0 Å². The molecule has 8 heteroatoms. The first-order valence-corrected chi connectivity index (χ1v) is 9.89. The summed E-state index contributed by atoms with van der Waals surface area (Å²) in [4.78, 5) is 26.0. The third kappa shape index (κ3) is 3.50. The van der Waals surface area contributed by atoms with E-state index in [4.69, 9.17) is 9.47 Å². The van der Waals surface area contributed by atoms with Gasteiger partial charge in [0.15, 0.2) is 0 Å². The first kappa shape index (κ1) is 20.5. The van der Waals surface area contributed by atoms with E-state index < -0.39 is 6.04 Å². The van der Waals surface area contributed by atoms with Crippen molar-refractivity contribution in [2.45, 2.75) is 19.5 Å². The molecular formula is C23H24N4O4. The lowest BCUT2D eigenvalue weighted by Gasteiger charge is -2.17. The predicted molar refractivity (Wildman–Crippen MR) is 119 cm³/mol. The van der Waals surface area contributed by atoms with Crippen molar-refractivity contribution in [1.29, 1.82) is 0 Å². The number of ether oxygens (including phenoxy) is 2. The number of rotatable bonds is 6. The third-order valence-electron chi connectivity index (χ3n) is 5.51. The van der Waals surface area contributed by atoms with E-state index in [0.717, 1.165) is 21.9 Å². The van der Waals surface area contributed by atoms with Gasteiger partial charge in [0.1, 0.15) is 23.1 Å². The Balaban J connectivity index is 1.71. The molecule has 0 radical (unpaired) electrons. The van der Waals surface area contributed by atoms with E-state index in [-0.39, 0.29) is 18.0 Å². The summed E-state index contributed by atoms with van der Waals surface area (Å²) in [5.41, 5.74) is 1.82. The molecule has 0 fully saturated rings. The highest BCUT2D eigenvalue weighted by Gasteiger charge is 2.23. The van der Waals surface area contributed by atoms with Gasteiger partial charge in [0.2, 0.25) is 5.91 Å². The Bertz CT molecular complexity index is 1340. The van der Waals surface area contributed by atoms with Crippen LogP contribution in [0.25, 0.3) is 21.8 Å². The zero-order chi connectivity index (χ0) is 22.1. The zero-order valence-corrected chi connectivity index (χ0v) is 17.9. The Morgan fingerprint density at radius 2 is 1.90 bits per heavy atom. The van der Waals surface area contributed by atoms with Gasteiger partial charge in [-0.1, -0.05) is 18.2 Å². The summed E-state index contributed by atoms with van der Waals surface area (Å²) in [7, 11) is 4.77. The Morgan fingerprint density at radius 3 is 2.65 bits per heavy atom. The van der Waals surface area contributed by atoms with Crippen molar-refractivity contribution in [2.75, 3.05) is 14.2 Å². The minimum Gasteiger partial charge on any atom is -0.497 e. The number of hydrogen-bond donors (Lipinski definition) is 1. The molecule has 0 saturated carbocycles. The Morgan fingerprint density at radius 1 is 1.13 bits per heavy atom. The molecule has 0 aliphatic carbocycles. The monoisotopic (exact) mass is 420 g/mol. The first-order chi connectivity index (χ1) is 15.0. The van der Waals surface area contributed by atoms with E-state index in [1.165, 1.54) is 4.68 Å². The molecule has 8 nitrogen and oxygen atoms in total. The molecule has 0 aliphatic rings. The summed E-state index contributed by atoms with van der Waals surface area (Å²) in [6.07, 6.45) is 1.67. The number of para-hydroxylation sites is 1. The average Bonchev–Trinajstić information content (AvgIpc) is 3.14. The van der Waals surface area contributed by atoms with Crippen LogP contribution in [-0.2, 0) is 18.4 Å². The molecule has 0 aliphatic heterocycles. The van der Waals surface area contributed by atoms with Crippen molar-refractivity contribution in [3.63, 3.8) is 0 Å². The van der Waals surface area contributed by atoms with Gasteiger partial charge in [0, 0.05) is 29.9 Å². The molecule has 2 aromatic carbocycles. The largest absolute Gasteiger partial charge is 0.497 e. The van der Waals surface area contributed by atoms with E-state index in [9.17, 15) is 9.59 Å². The van der Waals surface area contributed by atoms with Crippen LogP contribution in [0.5, 0.6) is 11.5 Å². The van der Waals surface area contributed by atoms with Gasteiger partial charge in [-0.15, -0.1) is 0 Å². The topological polar surface area (TPSA) is 87.4 Å². The third-order valence-corrected chi connectivity index (χ3v) is 5.51. The summed E-state index contributed by atoms with van der Waals surface area (Å²) in [6, 6.07) is 12.4. The smallest absolute Gasteiger partial charge is 0.291 e. The molecule has 4 aromatic rings. The number of aryl methyl sites for hydroxylation is 1. The Labute approximate surface area is 179 Å². The number of methoxy groups -OCH3 is 2. The predicted octanol–water partition coefficient (Wildman–Crippen LogP) is 2.78.